The predicted molar refractivity (Wildman–Crippen MR) is 108 cm³/mol. The zero-order valence-electron chi connectivity index (χ0n) is 15.3. The molecule has 2 aromatic rings. The maximum Gasteiger partial charge on any atom is 0.342 e. The van der Waals surface area contributed by atoms with Gasteiger partial charge in [-0.25, -0.2) is 9.18 Å². The number of aliphatic imine (C=N–C) groups is 1. The average Bonchev–Trinajstić information content (AvgIpc) is 3.18. The molecule has 2 heterocycles. The van der Waals surface area contributed by atoms with Crippen LogP contribution < -0.4 is 5.32 Å². The zero-order valence-corrected chi connectivity index (χ0v) is 16.2. The van der Waals surface area contributed by atoms with Crippen LogP contribution in [0.3, 0.4) is 0 Å². The summed E-state index contributed by atoms with van der Waals surface area (Å²) in [7, 11) is 1.56. The third-order valence-corrected chi connectivity index (χ3v) is 5.35. The molecule has 2 atom stereocenters. The van der Waals surface area contributed by atoms with Crippen LogP contribution in [0.15, 0.2) is 39.6 Å². The lowest BCUT2D eigenvalue weighted by molar-refractivity contribution is -0.120. The number of halogens is 1. The molecule has 0 fully saturated rings. The van der Waals surface area contributed by atoms with Crippen LogP contribution >= 0.6 is 11.3 Å². The molecular formula is C20H18FN3O4S. The van der Waals surface area contributed by atoms with Crippen LogP contribution in [0.5, 0.6) is 5.75 Å². The van der Waals surface area contributed by atoms with Crippen molar-refractivity contribution in [1.82, 2.24) is 5.32 Å². The van der Waals surface area contributed by atoms with Gasteiger partial charge in [0.1, 0.15) is 17.1 Å². The van der Waals surface area contributed by atoms with E-state index in [0.717, 1.165) is 17.8 Å². The SMILES string of the molecule is CN=CC(C=N)C1=C(c2ccsc2)C(c2cc(O)c(C(=O)O)c(F)c2)CC(=O)N1. The lowest BCUT2D eigenvalue weighted by atomic mass is 9.79. The van der Waals surface area contributed by atoms with E-state index >= 15 is 0 Å². The number of carbonyl (C=O) groups excluding carboxylic acids is 1. The summed E-state index contributed by atoms with van der Waals surface area (Å²) in [6.45, 7) is 0. The van der Waals surface area contributed by atoms with Crippen molar-refractivity contribution in [2.24, 2.45) is 10.9 Å². The minimum atomic E-state index is -1.58. The van der Waals surface area contributed by atoms with Crippen molar-refractivity contribution >= 4 is 41.2 Å². The third-order valence-electron chi connectivity index (χ3n) is 4.66. The number of hydrogen-bond donors (Lipinski definition) is 4. The van der Waals surface area contributed by atoms with E-state index in [1.54, 1.807) is 7.05 Å². The number of thiophene rings is 1. The molecule has 0 saturated heterocycles. The van der Waals surface area contributed by atoms with Gasteiger partial charge < -0.3 is 20.9 Å². The Labute approximate surface area is 169 Å². The predicted octanol–water partition coefficient (Wildman–Crippen LogP) is 3.27. The molecule has 4 N–H and O–H groups in total. The highest BCUT2D eigenvalue weighted by Gasteiger charge is 2.33. The van der Waals surface area contributed by atoms with E-state index in [9.17, 15) is 19.1 Å². The van der Waals surface area contributed by atoms with Crippen molar-refractivity contribution in [3.8, 4) is 5.75 Å². The first-order valence-electron chi connectivity index (χ1n) is 8.62. The number of carboxylic acids is 1. The normalized spacial score (nSPS) is 18.0. The molecule has 9 heteroatoms. The second-order valence-corrected chi connectivity index (χ2v) is 7.23. The quantitative estimate of drug-likeness (QED) is 0.541. The van der Waals surface area contributed by atoms with Crippen molar-refractivity contribution < 1.29 is 24.2 Å². The summed E-state index contributed by atoms with van der Waals surface area (Å²) in [5, 5.41) is 33.4. The summed E-state index contributed by atoms with van der Waals surface area (Å²) in [5.41, 5.74) is 1.36. The Kier molecular flexibility index (Phi) is 5.88. The number of aromatic hydroxyl groups is 1. The van der Waals surface area contributed by atoms with E-state index in [0.29, 0.717) is 11.3 Å². The Morgan fingerprint density at radius 1 is 1.48 bits per heavy atom. The molecule has 0 radical (unpaired) electrons. The maximum absolute atomic E-state index is 14.4. The Bertz CT molecular complexity index is 1010. The monoisotopic (exact) mass is 415 g/mol. The summed E-state index contributed by atoms with van der Waals surface area (Å²) < 4.78 is 14.4. The van der Waals surface area contributed by atoms with Crippen LogP contribution in [0.1, 0.15) is 33.8 Å². The lowest BCUT2D eigenvalue weighted by Gasteiger charge is -2.31. The largest absolute Gasteiger partial charge is 0.507 e. The summed E-state index contributed by atoms with van der Waals surface area (Å²) in [6.07, 6.45) is 2.64. The highest BCUT2D eigenvalue weighted by molar-refractivity contribution is 7.08. The van der Waals surface area contributed by atoms with Gasteiger partial charge in [0, 0.05) is 37.5 Å². The van der Waals surface area contributed by atoms with Gasteiger partial charge in [0.15, 0.2) is 0 Å². The number of benzene rings is 1. The summed E-state index contributed by atoms with van der Waals surface area (Å²) >= 11 is 1.44. The number of carboxylic acid groups (broad SMARTS) is 1. The molecule has 1 aliphatic heterocycles. The number of hydrogen-bond acceptors (Lipinski definition) is 6. The topological polar surface area (TPSA) is 123 Å². The number of aromatic carboxylic acids is 1. The minimum absolute atomic E-state index is 0.0199. The van der Waals surface area contributed by atoms with Crippen LogP contribution in [0.2, 0.25) is 0 Å². The van der Waals surface area contributed by atoms with Crippen LogP contribution in [0.4, 0.5) is 4.39 Å². The Morgan fingerprint density at radius 2 is 2.24 bits per heavy atom. The molecule has 29 heavy (non-hydrogen) atoms. The first kappa shape index (κ1) is 20.4. The van der Waals surface area contributed by atoms with Gasteiger partial charge in [-0.05, 0) is 45.7 Å². The molecule has 0 saturated carbocycles. The number of carbonyl (C=O) groups is 2. The molecule has 0 spiro atoms. The number of nitrogens with zero attached hydrogens (tertiary/aromatic N) is 1. The number of nitrogens with one attached hydrogen (secondary N) is 2. The van der Waals surface area contributed by atoms with E-state index in [1.807, 2.05) is 16.8 Å². The maximum atomic E-state index is 14.4. The van der Waals surface area contributed by atoms with Gasteiger partial charge in [0.2, 0.25) is 5.91 Å². The zero-order chi connectivity index (χ0) is 21.1. The number of phenols is 1. The van der Waals surface area contributed by atoms with Gasteiger partial charge in [-0.1, -0.05) is 0 Å². The van der Waals surface area contributed by atoms with Crippen molar-refractivity contribution in [1.29, 1.82) is 5.41 Å². The Morgan fingerprint density at radius 3 is 2.79 bits per heavy atom. The third kappa shape index (κ3) is 3.95. The average molecular weight is 415 g/mol. The van der Waals surface area contributed by atoms with Gasteiger partial charge in [-0.15, -0.1) is 0 Å². The molecular weight excluding hydrogens is 397 g/mol. The van der Waals surface area contributed by atoms with E-state index in [1.165, 1.54) is 23.6 Å². The molecule has 3 rings (SSSR count). The van der Waals surface area contributed by atoms with Gasteiger partial charge in [0.05, 0.1) is 5.92 Å². The summed E-state index contributed by atoms with van der Waals surface area (Å²) in [4.78, 5) is 27.6. The fourth-order valence-electron chi connectivity index (χ4n) is 3.45. The van der Waals surface area contributed by atoms with Crippen molar-refractivity contribution in [2.75, 3.05) is 7.05 Å². The van der Waals surface area contributed by atoms with Crippen molar-refractivity contribution in [3.05, 3.63) is 57.2 Å². The van der Waals surface area contributed by atoms with Gasteiger partial charge in [-0.2, -0.15) is 11.3 Å². The molecule has 2 unspecified atom stereocenters. The fraction of sp³-hybridized carbons (Fsp3) is 0.200. The second-order valence-electron chi connectivity index (χ2n) is 6.45. The van der Waals surface area contributed by atoms with E-state index in [2.05, 4.69) is 10.3 Å². The van der Waals surface area contributed by atoms with Gasteiger partial charge >= 0.3 is 5.97 Å². The first-order valence-corrected chi connectivity index (χ1v) is 9.56. The molecule has 0 bridgehead atoms. The summed E-state index contributed by atoms with van der Waals surface area (Å²) in [5.74, 6) is -4.93. The van der Waals surface area contributed by atoms with Crippen molar-refractivity contribution in [3.63, 3.8) is 0 Å². The van der Waals surface area contributed by atoms with Gasteiger partial charge in [-0.3, -0.25) is 9.79 Å². The lowest BCUT2D eigenvalue weighted by Crippen LogP contribution is -2.36. The highest BCUT2D eigenvalue weighted by Crippen LogP contribution is 2.43. The number of amides is 1. The Hall–Kier alpha value is -3.33. The molecule has 1 aromatic heterocycles. The van der Waals surface area contributed by atoms with E-state index < -0.39 is 34.9 Å². The standard InChI is InChI=1S/C20H18FN3O4S/c1-23-8-12(7-22)19-17(10-2-3-29-9-10)13(6-16(26)24-19)11-4-14(21)18(20(27)28)15(25)5-11/h2-5,7-9,12-13,22,25H,6H2,1H3,(H,24,26)(H,27,28). The fourth-order valence-corrected chi connectivity index (χ4v) is 4.11. The number of allylic oxidation sites excluding steroid dienone is 2. The van der Waals surface area contributed by atoms with Crippen LogP contribution in [0, 0.1) is 17.1 Å². The highest BCUT2D eigenvalue weighted by atomic mass is 32.1. The molecule has 1 aliphatic rings. The summed E-state index contributed by atoms with van der Waals surface area (Å²) in [6, 6.07) is 4.05. The van der Waals surface area contributed by atoms with Crippen LogP contribution in [0.25, 0.3) is 5.57 Å². The molecule has 1 amide bonds. The smallest absolute Gasteiger partial charge is 0.342 e. The van der Waals surface area contributed by atoms with E-state index in [4.69, 9.17) is 10.5 Å². The molecule has 7 nitrogen and oxygen atoms in total. The molecule has 0 aliphatic carbocycles. The van der Waals surface area contributed by atoms with Crippen LogP contribution in [-0.4, -0.2) is 41.6 Å². The Balaban J connectivity index is 2.25. The van der Waals surface area contributed by atoms with E-state index in [-0.39, 0.29) is 17.9 Å². The van der Waals surface area contributed by atoms with Crippen molar-refractivity contribution in [2.45, 2.75) is 12.3 Å². The first-order chi connectivity index (χ1) is 13.9. The molecule has 1 aromatic carbocycles. The number of rotatable bonds is 6. The van der Waals surface area contributed by atoms with Gasteiger partial charge in [0.25, 0.3) is 0 Å². The second kappa shape index (κ2) is 8.36. The minimum Gasteiger partial charge on any atom is -0.507 e. The van der Waals surface area contributed by atoms with Crippen LogP contribution in [-0.2, 0) is 4.79 Å². The molecule has 150 valence electrons.